The largest absolute Gasteiger partial charge is 0.481 e. The van der Waals surface area contributed by atoms with E-state index in [9.17, 15) is 18.9 Å². The maximum Gasteiger partial charge on any atom is 0.313 e. The van der Waals surface area contributed by atoms with Gasteiger partial charge < -0.3 is 16.6 Å². The van der Waals surface area contributed by atoms with Crippen LogP contribution in [0, 0.1) is 21.7 Å². The van der Waals surface area contributed by atoms with Crippen molar-refractivity contribution in [3.63, 3.8) is 0 Å². The number of guanidine groups is 1. The van der Waals surface area contributed by atoms with E-state index in [0.717, 1.165) is 19.2 Å². The Balaban J connectivity index is 0.000000885. The van der Waals surface area contributed by atoms with Gasteiger partial charge in [-0.2, -0.15) is 9.49 Å². The first-order valence-electron chi connectivity index (χ1n) is 5.10. The van der Waals surface area contributed by atoms with Crippen LogP contribution in [-0.4, -0.2) is 28.2 Å². The zero-order valence-electron chi connectivity index (χ0n) is 10.7. The summed E-state index contributed by atoms with van der Waals surface area (Å²) in [7, 11) is 0. The summed E-state index contributed by atoms with van der Waals surface area (Å²) in [6.07, 6.45) is 0.782. The number of nitrogens with zero attached hydrogens (tertiary/aromatic N) is 3. The number of aliphatic carboxylic acids is 1. The molecule has 0 spiro atoms. The maximum atomic E-state index is 13.1. The summed E-state index contributed by atoms with van der Waals surface area (Å²) in [5.41, 5.74) is 8.61. The molecule has 0 amide bonds. The molecule has 0 saturated carbocycles. The second kappa shape index (κ2) is 8.14. The predicted molar refractivity (Wildman–Crippen MR) is 69.7 cm³/mol. The Kier molecular flexibility index (Phi) is 6.93. The third-order valence-corrected chi connectivity index (χ3v) is 1.61. The number of rotatable bonds is 3. The monoisotopic (exact) mass is 303 g/mol. The number of nitro groups is 1. The van der Waals surface area contributed by atoms with Crippen molar-refractivity contribution in [3.05, 3.63) is 39.4 Å². The Labute approximate surface area is 116 Å². The van der Waals surface area contributed by atoms with Gasteiger partial charge >= 0.3 is 5.69 Å². The zero-order valence-corrected chi connectivity index (χ0v) is 10.7. The van der Waals surface area contributed by atoms with Crippen LogP contribution in [0.2, 0.25) is 0 Å². The highest BCUT2D eigenvalue weighted by atomic mass is 19.1. The predicted octanol–water partition coefficient (Wildman–Crippen LogP) is 0.571. The van der Waals surface area contributed by atoms with Crippen molar-refractivity contribution in [1.29, 1.82) is 0 Å². The van der Waals surface area contributed by atoms with Crippen molar-refractivity contribution in [1.82, 2.24) is 0 Å². The molecule has 0 fully saturated rings. The molecular formula is C10H11F2N5O4. The third kappa shape index (κ3) is 7.15. The van der Waals surface area contributed by atoms with Crippen molar-refractivity contribution in [3.8, 4) is 0 Å². The van der Waals surface area contributed by atoms with Gasteiger partial charge in [-0.25, -0.2) is 4.39 Å². The highest BCUT2D eigenvalue weighted by Crippen LogP contribution is 2.22. The van der Waals surface area contributed by atoms with Gasteiger partial charge in [0.1, 0.15) is 5.82 Å². The first-order valence-corrected chi connectivity index (χ1v) is 5.10. The lowest BCUT2D eigenvalue weighted by molar-refractivity contribution is -0.387. The molecule has 0 radical (unpaired) electrons. The van der Waals surface area contributed by atoms with Gasteiger partial charge in [0, 0.05) is 13.0 Å². The van der Waals surface area contributed by atoms with Gasteiger partial charge in [-0.05, 0) is 6.07 Å². The van der Waals surface area contributed by atoms with Gasteiger partial charge in [-0.1, -0.05) is 0 Å². The number of benzene rings is 1. The molecule has 0 aromatic heterocycles. The van der Waals surface area contributed by atoms with Gasteiger partial charge in [-0.3, -0.25) is 14.9 Å². The van der Waals surface area contributed by atoms with E-state index in [1.807, 2.05) is 0 Å². The molecule has 5 N–H and O–H groups in total. The summed E-state index contributed by atoms with van der Waals surface area (Å²) < 4.78 is 26.0. The Morgan fingerprint density at radius 2 is 1.95 bits per heavy atom. The highest BCUT2D eigenvalue weighted by Gasteiger charge is 2.20. The molecule has 0 saturated heterocycles. The van der Waals surface area contributed by atoms with Gasteiger partial charge in [-0.15, -0.1) is 5.10 Å². The lowest BCUT2D eigenvalue weighted by atomic mass is 10.2. The van der Waals surface area contributed by atoms with E-state index >= 15 is 0 Å². The molecule has 1 aromatic carbocycles. The van der Waals surface area contributed by atoms with Crippen molar-refractivity contribution in [2.24, 2.45) is 21.7 Å². The lowest BCUT2D eigenvalue weighted by Crippen LogP contribution is -2.21. The summed E-state index contributed by atoms with van der Waals surface area (Å²) >= 11 is 0. The van der Waals surface area contributed by atoms with E-state index in [0.29, 0.717) is 6.07 Å². The summed E-state index contributed by atoms with van der Waals surface area (Å²) in [6, 6.07) is 1.14. The summed E-state index contributed by atoms with van der Waals surface area (Å²) in [5, 5.41) is 24.4. The zero-order chi connectivity index (χ0) is 16.6. The number of nitrogens with two attached hydrogens (primary N) is 2. The molecule has 1 aromatic rings. The number of hydrogen-bond acceptors (Lipinski definition) is 5. The average Bonchev–Trinajstić information content (AvgIpc) is 2.25. The minimum atomic E-state index is -1.30. The van der Waals surface area contributed by atoms with E-state index in [1.54, 1.807) is 0 Å². The van der Waals surface area contributed by atoms with E-state index in [-0.39, 0.29) is 11.5 Å². The first kappa shape index (κ1) is 17.9. The molecular weight excluding hydrogens is 292 g/mol. The highest BCUT2D eigenvalue weighted by molar-refractivity contribution is 5.86. The number of halogens is 2. The number of nitro benzene ring substituents is 1. The van der Waals surface area contributed by atoms with Crippen molar-refractivity contribution in [2.75, 3.05) is 0 Å². The fourth-order valence-electron chi connectivity index (χ4n) is 1.03. The summed E-state index contributed by atoms with van der Waals surface area (Å²) in [6.45, 7) is 1.08. The van der Waals surface area contributed by atoms with Gasteiger partial charge in [0.15, 0.2) is 0 Å². The number of carboxylic acids is 1. The normalized spacial score (nSPS) is 9.67. The van der Waals surface area contributed by atoms with Crippen molar-refractivity contribution in [2.45, 2.75) is 6.92 Å². The Bertz CT molecular complexity index is 595. The fourth-order valence-corrected chi connectivity index (χ4v) is 1.03. The quantitative estimate of drug-likeness (QED) is 0.320. The maximum absolute atomic E-state index is 13.1. The topological polar surface area (TPSA) is 157 Å². The molecule has 114 valence electrons. The second-order valence-electron chi connectivity index (χ2n) is 3.37. The average molecular weight is 303 g/mol. The van der Waals surface area contributed by atoms with Crippen molar-refractivity contribution >= 4 is 23.8 Å². The Morgan fingerprint density at radius 1 is 1.43 bits per heavy atom. The van der Waals surface area contributed by atoms with Crippen LogP contribution in [0.5, 0.6) is 0 Å². The van der Waals surface area contributed by atoms with Crippen LogP contribution in [0.15, 0.2) is 22.3 Å². The molecule has 0 aliphatic carbocycles. The molecule has 0 unspecified atom stereocenters. The number of carbonyl (C=O) groups is 1. The first-order chi connectivity index (χ1) is 9.65. The van der Waals surface area contributed by atoms with Crippen LogP contribution in [0.3, 0.4) is 0 Å². The van der Waals surface area contributed by atoms with Crippen LogP contribution in [0.4, 0.5) is 14.5 Å². The molecule has 0 heterocycles. The van der Waals surface area contributed by atoms with Gasteiger partial charge in [0.25, 0.3) is 5.97 Å². The minimum Gasteiger partial charge on any atom is -0.481 e. The Hall–Kier alpha value is -3.11. The van der Waals surface area contributed by atoms with Crippen LogP contribution in [-0.2, 0) is 4.79 Å². The molecule has 11 heteroatoms. The van der Waals surface area contributed by atoms with Crippen LogP contribution in [0.1, 0.15) is 12.5 Å². The molecule has 0 aliphatic heterocycles. The molecule has 21 heavy (non-hydrogen) atoms. The molecule has 0 aliphatic rings. The van der Waals surface area contributed by atoms with Crippen molar-refractivity contribution < 1.29 is 23.6 Å². The molecule has 1 rings (SSSR count). The van der Waals surface area contributed by atoms with Crippen LogP contribution >= 0.6 is 0 Å². The van der Waals surface area contributed by atoms with E-state index < -0.39 is 28.2 Å². The summed E-state index contributed by atoms with van der Waals surface area (Å²) in [4.78, 5) is 18.6. The lowest BCUT2D eigenvalue weighted by Gasteiger charge is -1.98. The van der Waals surface area contributed by atoms with E-state index in [4.69, 9.17) is 21.4 Å². The number of hydrogen-bond donors (Lipinski definition) is 3. The third-order valence-electron chi connectivity index (χ3n) is 1.61. The van der Waals surface area contributed by atoms with Gasteiger partial charge in [0.05, 0.1) is 16.7 Å². The SMILES string of the molecule is CC(=O)O.NC(N)=N/N=C/c1cc(F)cc(F)c1[N+](=O)[O-]. The summed E-state index contributed by atoms with van der Waals surface area (Å²) in [5.74, 6) is -3.50. The molecule has 9 nitrogen and oxygen atoms in total. The van der Waals surface area contributed by atoms with E-state index in [2.05, 4.69) is 10.2 Å². The molecule has 0 bridgehead atoms. The second-order valence-corrected chi connectivity index (χ2v) is 3.37. The number of carboxylic acid groups (broad SMARTS) is 1. The van der Waals surface area contributed by atoms with E-state index in [1.165, 1.54) is 0 Å². The van der Waals surface area contributed by atoms with Crippen LogP contribution < -0.4 is 11.5 Å². The Morgan fingerprint density at radius 3 is 2.38 bits per heavy atom. The minimum absolute atomic E-state index is 0.377. The van der Waals surface area contributed by atoms with Crippen LogP contribution in [0.25, 0.3) is 0 Å². The molecule has 0 atom stereocenters. The van der Waals surface area contributed by atoms with Gasteiger partial charge in [0.2, 0.25) is 11.8 Å². The standard InChI is InChI=1S/C8H7F2N5O2.C2H4O2/c9-5-1-4(3-13-14-8(11)12)7(15(16)17)6(10)2-5;1-2(3)4/h1-3H,(H4,11,12,14);1H3,(H,3,4)/b13-3+;. The fraction of sp³-hybridized carbons (Fsp3) is 0.100. The smallest absolute Gasteiger partial charge is 0.313 e.